The Labute approximate surface area is 87.7 Å². The Hall–Kier alpha value is -1.23. The maximum Gasteiger partial charge on any atom is 0.372 e. The molecule has 0 saturated heterocycles. The lowest BCUT2D eigenvalue weighted by Crippen LogP contribution is -2.15. The van der Waals surface area contributed by atoms with Crippen LogP contribution in [0.1, 0.15) is 5.56 Å². The molecular weight excluding hydrogens is 255 g/mol. The number of hydrogen-bond acceptors (Lipinski definition) is 2. The Kier molecular flexibility index (Phi) is 3.35. The summed E-state index contributed by atoms with van der Waals surface area (Å²) in [5.74, 6) is -3.16. The van der Waals surface area contributed by atoms with Crippen LogP contribution in [0.4, 0.5) is 4.39 Å². The summed E-state index contributed by atoms with van der Waals surface area (Å²) in [5.41, 5.74) is 0.0839. The molecule has 0 amide bonds. The highest BCUT2D eigenvalue weighted by Crippen LogP contribution is 2.15. The SMILES string of the molecule is O=C(O)C(=O)Cc1ccc(Br)cc1F. The maximum absolute atomic E-state index is 13.1. The van der Waals surface area contributed by atoms with Gasteiger partial charge in [-0.25, -0.2) is 9.18 Å². The summed E-state index contributed by atoms with van der Waals surface area (Å²) in [4.78, 5) is 21.0. The maximum atomic E-state index is 13.1. The van der Waals surface area contributed by atoms with E-state index < -0.39 is 24.0 Å². The van der Waals surface area contributed by atoms with Gasteiger partial charge in [-0.05, 0) is 17.7 Å². The molecule has 0 spiro atoms. The highest BCUT2D eigenvalue weighted by atomic mass is 79.9. The van der Waals surface area contributed by atoms with Gasteiger partial charge < -0.3 is 5.11 Å². The summed E-state index contributed by atoms with van der Waals surface area (Å²) in [6.45, 7) is 0. The van der Waals surface area contributed by atoms with Gasteiger partial charge in [-0.2, -0.15) is 0 Å². The number of carboxylic acids is 1. The van der Waals surface area contributed by atoms with Crippen molar-refractivity contribution in [2.75, 3.05) is 0 Å². The first-order valence-corrected chi connectivity index (χ1v) is 4.50. The van der Waals surface area contributed by atoms with E-state index in [-0.39, 0.29) is 5.56 Å². The highest BCUT2D eigenvalue weighted by Gasteiger charge is 2.14. The van der Waals surface area contributed by atoms with Crippen molar-refractivity contribution < 1.29 is 19.1 Å². The van der Waals surface area contributed by atoms with E-state index in [0.29, 0.717) is 4.47 Å². The topological polar surface area (TPSA) is 54.4 Å². The van der Waals surface area contributed by atoms with E-state index in [9.17, 15) is 14.0 Å². The van der Waals surface area contributed by atoms with Crippen LogP contribution in [0.3, 0.4) is 0 Å². The van der Waals surface area contributed by atoms with Crippen LogP contribution < -0.4 is 0 Å². The molecule has 0 atom stereocenters. The minimum absolute atomic E-state index is 0.0839. The van der Waals surface area contributed by atoms with Gasteiger partial charge in [0.05, 0.1) is 0 Å². The Morgan fingerprint density at radius 3 is 2.57 bits per heavy atom. The normalized spacial score (nSPS) is 9.86. The highest BCUT2D eigenvalue weighted by molar-refractivity contribution is 9.10. The van der Waals surface area contributed by atoms with Crippen molar-refractivity contribution in [1.82, 2.24) is 0 Å². The molecule has 74 valence electrons. The second kappa shape index (κ2) is 4.32. The molecule has 0 aliphatic rings. The standard InChI is InChI=1S/C9H6BrFO3/c10-6-2-1-5(7(11)4-6)3-8(12)9(13)14/h1-2,4H,3H2,(H,13,14). The monoisotopic (exact) mass is 260 g/mol. The first-order chi connectivity index (χ1) is 6.50. The molecule has 0 bridgehead atoms. The number of halogens is 2. The summed E-state index contributed by atoms with van der Waals surface area (Å²) in [6, 6.07) is 4.11. The number of carbonyl (C=O) groups excluding carboxylic acids is 1. The number of ketones is 1. The lowest BCUT2D eigenvalue weighted by molar-refractivity contribution is -0.148. The summed E-state index contributed by atoms with van der Waals surface area (Å²) in [7, 11) is 0. The van der Waals surface area contributed by atoms with Gasteiger partial charge in [0, 0.05) is 10.9 Å². The fourth-order valence-corrected chi connectivity index (χ4v) is 1.25. The largest absolute Gasteiger partial charge is 0.475 e. The molecule has 1 rings (SSSR count). The van der Waals surface area contributed by atoms with Gasteiger partial charge in [0.1, 0.15) is 5.82 Å². The number of aliphatic carboxylic acids is 1. The molecule has 1 N–H and O–H groups in total. The molecule has 14 heavy (non-hydrogen) atoms. The molecule has 1 aromatic carbocycles. The van der Waals surface area contributed by atoms with Gasteiger partial charge in [-0.15, -0.1) is 0 Å². The van der Waals surface area contributed by atoms with Crippen LogP contribution in [-0.2, 0) is 16.0 Å². The minimum atomic E-state index is -1.55. The third-order valence-electron chi connectivity index (χ3n) is 1.60. The van der Waals surface area contributed by atoms with Crippen molar-refractivity contribution in [3.63, 3.8) is 0 Å². The molecule has 0 heterocycles. The van der Waals surface area contributed by atoms with E-state index in [0.717, 1.165) is 0 Å². The van der Waals surface area contributed by atoms with Crippen LogP contribution in [0, 0.1) is 5.82 Å². The molecule has 1 aromatic rings. The smallest absolute Gasteiger partial charge is 0.372 e. The van der Waals surface area contributed by atoms with Crippen LogP contribution in [0.25, 0.3) is 0 Å². The molecule has 0 saturated carbocycles. The Bertz CT molecular complexity index is 390. The molecule has 0 aromatic heterocycles. The summed E-state index contributed by atoms with van der Waals surface area (Å²) < 4.78 is 13.6. The zero-order chi connectivity index (χ0) is 10.7. The van der Waals surface area contributed by atoms with Crippen molar-refractivity contribution in [1.29, 1.82) is 0 Å². The zero-order valence-corrected chi connectivity index (χ0v) is 8.54. The van der Waals surface area contributed by atoms with Crippen molar-refractivity contribution >= 4 is 27.7 Å². The molecule has 3 nitrogen and oxygen atoms in total. The number of carboxylic acid groups (broad SMARTS) is 1. The van der Waals surface area contributed by atoms with Crippen molar-refractivity contribution in [3.8, 4) is 0 Å². The summed E-state index contributed by atoms with van der Waals surface area (Å²) >= 11 is 3.05. The molecular formula is C9H6BrFO3. The van der Waals surface area contributed by atoms with Gasteiger partial charge in [-0.1, -0.05) is 22.0 Å². The van der Waals surface area contributed by atoms with E-state index >= 15 is 0 Å². The molecule has 0 aliphatic heterocycles. The molecule has 5 heteroatoms. The van der Waals surface area contributed by atoms with E-state index in [4.69, 9.17) is 5.11 Å². The van der Waals surface area contributed by atoms with E-state index in [1.165, 1.54) is 12.1 Å². The second-order valence-electron chi connectivity index (χ2n) is 2.64. The first-order valence-electron chi connectivity index (χ1n) is 3.70. The van der Waals surface area contributed by atoms with Crippen molar-refractivity contribution in [3.05, 3.63) is 34.1 Å². The lowest BCUT2D eigenvalue weighted by atomic mass is 10.1. The van der Waals surface area contributed by atoms with Gasteiger partial charge in [0.25, 0.3) is 0 Å². The number of carbonyl (C=O) groups is 2. The fraction of sp³-hybridized carbons (Fsp3) is 0.111. The molecule has 0 fully saturated rings. The van der Waals surface area contributed by atoms with E-state index in [1.54, 1.807) is 6.07 Å². The van der Waals surface area contributed by atoms with Crippen LogP contribution in [0.5, 0.6) is 0 Å². The van der Waals surface area contributed by atoms with Crippen LogP contribution in [-0.4, -0.2) is 16.9 Å². The number of benzene rings is 1. The second-order valence-corrected chi connectivity index (χ2v) is 3.56. The van der Waals surface area contributed by atoms with E-state index in [2.05, 4.69) is 15.9 Å². The molecule has 0 aliphatic carbocycles. The summed E-state index contributed by atoms with van der Waals surface area (Å²) in [6.07, 6.45) is -0.422. The number of Topliss-reactive ketones (excluding diaryl/α,β-unsaturated/α-hetero) is 1. The predicted molar refractivity (Wildman–Crippen MR) is 50.4 cm³/mol. The van der Waals surface area contributed by atoms with Crippen molar-refractivity contribution in [2.45, 2.75) is 6.42 Å². The lowest BCUT2D eigenvalue weighted by Gasteiger charge is -2.00. The van der Waals surface area contributed by atoms with Gasteiger partial charge in [0.2, 0.25) is 5.78 Å². The number of rotatable bonds is 3. The Balaban J connectivity index is 2.87. The van der Waals surface area contributed by atoms with Gasteiger partial charge in [0.15, 0.2) is 0 Å². The molecule has 0 unspecified atom stereocenters. The summed E-state index contributed by atoms with van der Waals surface area (Å²) in [5, 5.41) is 8.31. The van der Waals surface area contributed by atoms with Crippen LogP contribution in [0.2, 0.25) is 0 Å². The average Bonchev–Trinajstić information content (AvgIpc) is 2.09. The van der Waals surface area contributed by atoms with Gasteiger partial charge in [-0.3, -0.25) is 4.79 Å². The van der Waals surface area contributed by atoms with E-state index in [1.807, 2.05) is 0 Å². The quantitative estimate of drug-likeness (QED) is 0.844. The van der Waals surface area contributed by atoms with Crippen LogP contribution in [0.15, 0.2) is 22.7 Å². The third kappa shape index (κ3) is 2.63. The number of hydrogen-bond donors (Lipinski definition) is 1. The minimum Gasteiger partial charge on any atom is -0.475 e. The average molecular weight is 261 g/mol. The third-order valence-corrected chi connectivity index (χ3v) is 2.10. The predicted octanol–water partition coefficient (Wildman–Crippen LogP) is 1.78. The Morgan fingerprint density at radius 1 is 1.43 bits per heavy atom. The first kappa shape index (κ1) is 10.8. The van der Waals surface area contributed by atoms with Crippen LogP contribution >= 0.6 is 15.9 Å². The molecule has 0 radical (unpaired) electrons. The van der Waals surface area contributed by atoms with Gasteiger partial charge >= 0.3 is 5.97 Å². The zero-order valence-electron chi connectivity index (χ0n) is 6.96. The fourth-order valence-electron chi connectivity index (χ4n) is 0.914. The van der Waals surface area contributed by atoms with Crippen molar-refractivity contribution in [2.24, 2.45) is 0 Å². The Morgan fingerprint density at radius 2 is 2.07 bits per heavy atom.